The quantitative estimate of drug-likeness (QED) is 0.649. The van der Waals surface area contributed by atoms with Gasteiger partial charge in [0.05, 0.1) is 5.69 Å². The van der Waals surface area contributed by atoms with Crippen LogP contribution >= 0.6 is 11.8 Å². The van der Waals surface area contributed by atoms with Crippen molar-refractivity contribution in [3.63, 3.8) is 0 Å². The molecule has 0 saturated carbocycles. The van der Waals surface area contributed by atoms with E-state index in [0.717, 1.165) is 5.69 Å². The normalized spacial score (nSPS) is 11.4. The largest absolute Gasteiger partial charge is 0.335 e. The van der Waals surface area contributed by atoms with Crippen LogP contribution in [-0.4, -0.2) is 11.4 Å². The molecule has 0 saturated heterocycles. The number of nitrogens with one attached hydrogen (secondary N) is 1. The van der Waals surface area contributed by atoms with Gasteiger partial charge in [-0.1, -0.05) is 11.8 Å². The van der Waals surface area contributed by atoms with Crippen molar-refractivity contribution < 1.29 is 8.78 Å². The van der Waals surface area contributed by atoms with Crippen molar-refractivity contribution in [3.8, 4) is 0 Å². The first-order valence-corrected chi connectivity index (χ1v) is 6.81. The lowest BCUT2D eigenvalue weighted by Gasteiger charge is -2.07. The molecule has 0 bridgehead atoms. The first-order chi connectivity index (χ1) is 9.17. The van der Waals surface area contributed by atoms with E-state index < -0.39 is 0 Å². The lowest BCUT2D eigenvalue weighted by Crippen LogP contribution is -2.06. The van der Waals surface area contributed by atoms with Crippen molar-refractivity contribution in [2.75, 3.05) is 11.6 Å². The van der Waals surface area contributed by atoms with Crippen LogP contribution in [-0.2, 0) is 0 Å². The molecule has 2 aromatic carbocycles. The summed E-state index contributed by atoms with van der Waals surface area (Å²) in [6, 6.07) is 11.9. The fourth-order valence-corrected chi connectivity index (χ4v) is 1.83. The van der Waals surface area contributed by atoms with E-state index in [2.05, 4.69) is 10.3 Å². The molecule has 2 nitrogen and oxygen atoms in total. The van der Waals surface area contributed by atoms with Crippen LogP contribution in [0.15, 0.2) is 53.5 Å². The average Bonchev–Trinajstić information content (AvgIpc) is 2.43. The Labute approximate surface area is 114 Å². The third-order valence-electron chi connectivity index (χ3n) is 2.35. The van der Waals surface area contributed by atoms with Crippen molar-refractivity contribution in [1.82, 2.24) is 0 Å². The van der Waals surface area contributed by atoms with Gasteiger partial charge in [0.25, 0.3) is 0 Å². The molecule has 0 aromatic heterocycles. The predicted molar refractivity (Wildman–Crippen MR) is 77.0 cm³/mol. The van der Waals surface area contributed by atoms with Crippen molar-refractivity contribution in [2.24, 2.45) is 4.99 Å². The number of hydrogen-bond acceptors (Lipinski definition) is 2. The summed E-state index contributed by atoms with van der Waals surface area (Å²) in [7, 11) is 0. The number of thioether (sulfide) groups is 1. The molecule has 0 atom stereocenters. The van der Waals surface area contributed by atoms with E-state index in [1.807, 2.05) is 6.26 Å². The van der Waals surface area contributed by atoms with Crippen molar-refractivity contribution in [2.45, 2.75) is 0 Å². The van der Waals surface area contributed by atoms with E-state index in [-0.39, 0.29) is 11.6 Å². The van der Waals surface area contributed by atoms with Gasteiger partial charge in [-0.25, -0.2) is 13.8 Å². The zero-order chi connectivity index (χ0) is 13.7. The molecule has 0 aliphatic rings. The maximum Gasteiger partial charge on any atom is 0.165 e. The fourth-order valence-electron chi connectivity index (χ4n) is 1.41. The summed E-state index contributed by atoms with van der Waals surface area (Å²) in [5, 5.41) is 3.72. The molecule has 0 heterocycles. The smallest absolute Gasteiger partial charge is 0.165 e. The Hall–Kier alpha value is -1.88. The molecule has 19 heavy (non-hydrogen) atoms. The number of amidine groups is 1. The van der Waals surface area contributed by atoms with Crippen molar-refractivity contribution >= 4 is 28.3 Å². The Morgan fingerprint density at radius 2 is 1.47 bits per heavy atom. The van der Waals surface area contributed by atoms with E-state index in [9.17, 15) is 8.78 Å². The highest BCUT2D eigenvalue weighted by Crippen LogP contribution is 2.17. The minimum absolute atomic E-state index is 0.285. The lowest BCUT2D eigenvalue weighted by atomic mass is 10.3. The number of nitrogens with zero attached hydrogens (tertiary/aromatic N) is 1. The van der Waals surface area contributed by atoms with Crippen LogP contribution in [0.1, 0.15) is 0 Å². The second-order valence-electron chi connectivity index (χ2n) is 3.73. The van der Waals surface area contributed by atoms with Crippen molar-refractivity contribution in [3.05, 3.63) is 60.2 Å². The summed E-state index contributed by atoms with van der Waals surface area (Å²) in [5.74, 6) is -0.581. The van der Waals surface area contributed by atoms with Crippen LogP contribution < -0.4 is 5.32 Å². The van der Waals surface area contributed by atoms with E-state index in [1.165, 1.54) is 36.0 Å². The number of halogens is 2. The second kappa shape index (κ2) is 6.33. The monoisotopic (exact) mass is 278 g/mol. The van der Waals surface area contributed by atoms with Crippen LogP contribution in [0.3, 0.4) is 0 Å². The number of aliphatic imine (C=N–C) groups is 1. The van der Waals surface area contributed by atoms with E-state index in [1.54, 1.807) is 24.3 Å². The summed E-state index contributed by atoms with van der Waals surface area (Å²) < 4.78 is 25.6. The highest BCUT2D eigenvalue weighted by atomic mass is 32.2. The lowest BCUT2D eigenvalue weighted by molar-refractivity contribution is 0.627. The summed E-state index contributed by atoms with van der Waals surface area (Å²) in [4.78, 5) is 4.34. The highest BCUT2D eigenvalue weighted by Gasteiger charge is 2.00. The molecule has 0 amide bonds. The number of anilines is 1. The third kappa shape index (κ3) is 4.06. The second-order valence-corrected chi connectivity index (χ2v) is 4.52. The van der Waals surface area contributed by atoms with Crippen LogP contribution in [0, 0.1) is 11.6 Å². The predicted octanol–water partition coefficient (Wildman–Crippen LogP) is 4.43. The topological polar surface area (TPSA) is 24.4 Å². The van der Waals surface area contributed by atoms with Gasteiger partial charge in [-0.2, -0.15) is 0 Å². The summed E-state index contributed by atoms with van der Waals surface area (Å²) in [5.41, 5.74) is 1.40. The van der Waals surface area contributed by atoms with E-state index in [0.29, 0.717) is 10.9 Å². The molecule has 2 aromatic rings. The van der Waals surface area contributed by atoms with Gasteiger partial charge in [0.15, 0.2) is 5.17 Å². The first-order valence-electron chi connectivity index (χ1n) is 5.58. The Morgan fingerprint density at radius 3 is 2.00 bits per heavy atom. The van der Waals surface area contributed by atoms with Crippen LogP contribution in [0.5, 0.6) is 0 Å². The van der Waals surface area contributed by atoms with Crippen molar-refractivity contribution in [1.29, 1.82) is 0 Å². The summed E-state index contributed by atoms with van der Waals surface area (Å²) in [6.07, 6.45) is 1.87. The highest BCUT2D eigenvalue weighted by molar-refractivity contribution is 8.13. The van der Waals surface area contributed by atoms with E-state index in [4.69, 9.17) is 0 Å². The molecule has 0 aliphatic carbocycles. The van der Waals surface area contributed by atoms with Gasteiger partial charge in [0.2, 0.25) is 0 Å². The third-order valence-corrected chi connectivity index (χ3v) is 2.93. The molecule has 0 aliphatic heterocycles. The SMILES string of the molecule is CSC(=Nc1ccc(F)cc1)Nc1ccc(F)cc1. The number of benzene rings is 2. The molecule has 5 heteroatoms. The zero-order valence-corrected chi connectivity index (χ0v) is 11.0. The number of hydrogen-bond donors (Lipinski definition) is 1. The number of rotatable bonds is 2. The minimum atomic E-state index is -0.295. The molecule has 0 unspecified atom stereocenters. The van der Waals surface area contributed by atoms with Gasteiger partial charge >= 0.3 is 0 Å². The summed E-state index contributed by atoms with van der Waals surface area (Å²) in [6.45, 7) is 0. The summed E-state index contributed by atoms with van der Waals surface area (Å²) >= 11 is 1.42. The van der Waals surface area contributed by atoms with Gasteiger partial charge in [-0.15, -0.1) is 0 Å². The standard InChI is InChI=1S/C14H12F2N2S/c1-19-14(17-12-6-2-10(15)3-7-12)18-13-8-4-11(16)5-9-13/h2-9H,1H3,(H,17,18). The van der Waals surface area contributed by atoms with Gasteiger partial charge in [0, 0.05) is 5.69 Å². The Bertz CT molecular complexity index is 565. The van der Waals surface area contributed by atoms with Gasteiger partial charge in [-0.05, 0) is 54.8 Å². The fraction of sp³-hybridized carbons (Fsp3) is 0.0714. The molecule has 0 fully saturated rings. The first kappa shape index (κ1) is 13.5. The maximum atomic E-state index is 12.8. The molecular formula is C14H12F2N2S. The minimum Gasteiger partial charge on any atom is -0.335 e. The van der Waals surface area contributed by atoms with E-state index >= 15 is 0 Å². The van der Waals surface area contributed by atoms with Crippen LogP contribution in [0.2, 0.25) is 0 Å². The average molecular weight is 278 g/mol. The Kier molecular flexibility index (Phi) is 4.52. The van der Waals surface area contributed by atoms with Gasteiger partial charge < -0.3 is 5.32 Å². The molecule has 0 radical (unpaired) electrons. The maximum absolute atomic E-state index is 12.8. The van der Waals surface area contributed by atoms with Crippen LogP contribution in [0.4, 0.5) is 20.2 Å². The van der Waals surface area contributed by atoms with Gasteiger partial charge in [-0.3, -0.25) is 0 Å². The Balaban J connectivity index is 2.15. The molecular weight excluding hydrogens is 266 g/mol. The molecule has 1 N–H and O–H groups in total. The molecule has 2 rings (SSSR count). The molecule has 0 spiro atoms. The Morgan fingerprint density at radius 1 is 0.947 bits per heavy atom. The molecule has 98 valence electrons. The van der Waals surface area contributed by atoms with Crippen LogP contribution in [0.25, 0.3) is 0 Å². The van der Waals surface area contributed by atoms with Gasteiger partial charge in [0.1, 0.15) is 11.6 Å². The zero-order valence-electron chi connectivity index (χ0n) is 10.2.